The molecule has 1 aromatic rings. The average Bonchev–Trinajstić information content (AvgIpc) is 2.47. The summed E-state index contributed by atoms with van der Waals surface area (Å²) < 4.78 is 33.1. The molecule has 0 N–H and O–H groups in total. The summed E-state index contributed by atoms with van der Waals surface area (Å²) in [4.78, 5) is 0. The van der Waals surface area contributed by atoms with Gasteiger partial charge < -0.3 is 4.74 Å². The Hall–Kier alpha value is -1.64. The topological polar surface area (TPSA) is 9.23 Å². The van der Waals surface area contributed by atoms with E-state index in [-0.39, 0.29) is 13.1 Å². The number of ether oxygens (including phenoxy) is 1. The van der Waals surface area contributed by atoms with E-state index in [1.54, 1.807) is 13.0 Å². The van der Waals surface area contributed by atoms with E-state index in [9.17, 15) is 8.78 Å². The maximum absolute atomic E-state index is 14.1. The largest absolute Gasteiger partial charge is 0.459 e. The van der Waals surface area contributed by atoms with Crippen molar-refractivity contribution >= 4 is 0 Å². The van der Waals surface area contributed by atoms with Crippen LogP contribution in [0.15, 0.2) is 37.6 Å². The third-order valence-electron chi connectivity index (χ3n) is 3.82. The van der Waals surface area contributed by atoms with Crippen LogP contribution in [0, 0.1) is 17.6 Å². The minimum atomic E-state index is -0.904. The number of halogens is 2. The predicted molar refractivity (Wildman–Crippen MR) is 85.5 cm³/mol. The first kappa shape index (κ1) is 17.4. The van der Waals surface area contributed by atoms with Gasteiger partial charge in [0.05, 0.1) is 5.76 Å². The Bertz CT molecular complexity index is 494. The van der Waals surface area contributed by atoms with Crippen LogP contribution in [0.1, 0.15) is 52.4 Å². The Morgan fingerprint density at radius 3 is 2.24 bits per heavy atom. The first-order chi connectivity index (χ1) is 9.99. The van der Waals surface area contributed by atoms with E-state index in [0.29, 0.717) is 17.2 Å². The number of rotatable bonds is 3. The van der Waals surface area contributed by atoms with Crippen LogP contribution in [-0.2, 0) is 0 Å². The molecular weight excluding hydrogens is 270 g/mol. The van der Waals surface area contributed by atoms with Crippen LogP contribution in [-0.4, -0.2) is 0 Å². The summed E-state index contributed by atoms with van der Waals surface area (Å²) >= 11 is 0. The van der Waals surface area contributed by atoms with Gasteiger partial charge in [0.2, 0.25) is 5.82 Å². The molecule has 1 aliphatic carbocycles. The van der Waals surface area contributed by atoms with Gasteiger partial charge in [-0.2, -0.15) is 4.39 Å². The molecule has 21 heavy (non-hydrogen) atoms. The minimum absolute atomic E-state index is 0. The lowest BCUT2D eigenvalue weighted by molar-refractivity contribution is 0.334. The molecule has 1 saturated carbocycles. The molecule has 0 amide bonds. The second-order valence-electron chi connectivity index (χ2n) is 5.54. The molecule has 1 fully saturated rings. The minimum Gasteiger partial charge on any atom is -0.459 e. The van der Waals surface area contributed by atoms with Crippen molar-refractivity contribution in [3.63, 3.8) is 0 Å². The van der Waals surface area contributed by atoms with Crippen LogP contribution in [0.3, 0.4) is 0 Å². The molecule has 0 bridgehead atoms. The normalized spacial score (nSPS) is 21.1. The highest BCUT2D eigenvalue weighted by atomic mass is 19.2. The van der Waals surface area contributed by atoms with E-state index in [4.69, 9.17) is 4.74 Å². The van der Waals surface area contributed by atoms with Gasteiger partial charge in [-0.25, -0.2) is 4.39 Å². The quantitative estimate of drug-likeness (QED) is 0.475. The number of hydrogen-bond acceptors (Lipinski definition) is 1. The van der Waals surface area contributed by atoms with E-state index in [0.717, 1.165) is 25.7 Å². The van der Waals surface area contributed by atoms with Crippen LogP contribution in [0.25, 0.3) is 0 Å². The van der Waals surface area contributed by atoms with E-state index < -0.39 is 11.6 Å². The third-order valence-corrected chi connectivity index (χ3v) is 3.82. The predicted octanol–water partition coefficient (Wildman–Crippen LogP) is 6.22. The molecule has 0 atom stereocenters. The van der Waals surface area contributed by atoms with Gasteiger partial charge in [-0.05, 0) is 43.2 Å². The molecule has 0 aliphatic heterocycles. The Morgan fingerprint density at radius 2 is 1.71 bits per heavy atom. The van der Waals surface area contributed by atoms with Crippen molar-refractivity contribution in [1.29, 1.82) is 0 Å². The SMILES string of the molecule is C=C.C=C(C)Oc1ccc(C2CCC(C)CC2)c(F)c1F.[HH]. The van der Waals surface area contributed by atoms with Crippen molar-refractivity contribution in [3.8, 4) is 5.75 Å². The standard InChI is InChI=1S/C16H20F2O.C2H4.H2/c1-10(2)19-14-9-8-13(15(17)16(14)18)12-6-4-11(3)5-7-12;1-2;/h8-9,11-12H,1,4-7H2,2-3H3;1-2H2;1H. The molecule has 118 valence electrons. The van der Waals surface area contributed by atoms with Gasteiger partial charge in [0.1, 0.15) is 0 Å². The molecular formula is C18H26F2O. The van der Waals surface area contributed by atoms with E-state index in [1.807, 2.05) is 0 Å². The third kappa shape index (κ3) is 4.42. The lowest BCUT2D eigenvalue weighted by atomic mass is 9.79. The Morgan fingerprint density at radius 1 is 1.14 bits per heavy atom. The molecule has 0 radical (unpaired) electrons. The first-order valence-corrected chi connectivity index (χ1v) is 7.30. The maximum Gasteiger partial charge on any atom is 0.201 e. The van der Waals surface area contributed by atoms with Crippen LogP contribution in [0.4, 0.5) is 8.78 Å². The zero-order valence-electron chi connectivity index (χ0n) is 12.9. The van der Waals surface area contributed by atoms with Gasteiger partial charge >= 0.3 is 0 Å². The van der Waals surface area contributed by atoms with Crippen molar-refractivity contribution in [2.45, 2.75) is 45.4 Å². The molecule has 1 aromatic carbocycles. The van der Waals surface area contributed by atoms with Gasteiger partial charge in [0.15, 0.2) is 11.6 Å². The lowest BCUT2D eigenvalue weighted by Crippen LogP contribution is -2.13. The van der Waals surface area contributed by atoms with Crippen molar-refractivity contribution < 1.29 is 14.9 Å². The fraction of sp³-hybridized carbons (Fsp3) is 0.444. The second-order valence-corrected chi connectivity index (χ2v) is 5.54. The van der Waals surface area contributed by atoms with E-state index in [2.05, 4.69) is 26.7 Å². The average molecular weight is 296 g/mol. The van der Waals surface area contributed by atoms with Crippen LogP contribution in [0.2, 0.25) is 0 Å². The highest BCUT2D eigenvalue weighted by Gasteiger charge is 2.25. The van der Waals surface area contributed by atoms with E-state index in [1.165, 1.54) is 6.07 Å². The Labute approximate surface area is 127 Å². The zero-order chi connectivity index (χ0) is 16.0. The summed E-state index contributed by atoms with van der Waals surface area (Å²) in [6.07, 6.45) is 4.02. The molecule has 2 rings (SSSR count). The monoisotopic (exact) mass is 296 g/mol. The summed E-state index contributed by atoms with van der Waals surface area (Å²) in [7, 11) is 0. The lowest BCUT2D eigenvalue weighted by Gasteiger charge is -2.27. The van der Waals surface area contributed by atoms with Crippen LogP contribution < -0.4 is 4.74 Å². The second kappa shape index (κ2) is 7.96. The summed E-state index contributed by atoms with van der Waals surface area (Å²) in [5, 5.41) is 0. The van der Waals surface area contributed by atoms with Crippen molar-refractivity contribution in [2.75, 3.05) is 0 Å². The van der Waals surface area contributed by atoms with Gasteiger partial charge in [-0.3, -0.25) is 0 Å². The summed E-state index contributed by atoms with van der Waals surface area (Å²) in [6, 6.07) is 3.15. The fourth-order valence-electron chi connectivity index (χ4n) is 2.70. The van der Waals surface area contributed by atoms with E-state index >= 15 is 0 Å². The fourth-order valence-corrected chi connectivity index (χ4v) is 2.70. The van der Waals surface area contributed by atoms with Crippen molar-refractivity contribution in [3.05, 3.63) is 54.8 Å². The number of benzene rings is 1. The molecule has 3 heteroatoms. The zero-order valence-corrected chi connectivity index (χ0v) is 12.9. The molecule has 1 nitrogen and oxygen atoms in total. The maximum atomic E-state index is 14.1. The van der Waals surface area contributed by atoms with Gasteiger partial charge in [-0.1, -0.05) is 32.4 Å². The first-order valence-electron chi connectivity index (χ1n) is 7.30. The number of allylic oxidation sites excluding steroid dienone is 1. The molecule has 0 unspecified atom stereocenters. The summed E-state index contributed by atoms with van der Waals surface area (Å²) in [6.45, 7) is 13.3. The molecule has 0 aromatic heterocycles. The molecule has 0 spiro atoms. The van der Waals surface area contributed by atoms with Crippen LogP contribution in [0.5, 0.6) is 5.75 Å². The summed E-state index contributed by atoms with van der Waals surface area (Å²) in [5.74, 6) is -0.590. The van der Waals surface area contributed by atoms with Gasteiger partial charge in [-0.15, -0.1) is 13.2 Å². The highest BCUT2D eigenvalue weighted by Crippen LogP contribution is 2.38. The molecule has 0 heterocycles. The van der Waals surface area contributed by atoms with Crippen molar-refractivity contribution in [1.82, 2.24) is 0 Å². The van der Waals surface area contributed by atoms with Crippen molar-refractivity contribution in [2.24, 2.45) is 5.92 Å². The number of hydrogen-bond donors (Lipinski definition) is 0. The van der Waals surface area contributed by atoms with Gasteiger partial charge in [0.25, 0.3) is 0 Å². The smallest absolute Gasteiger partial charge is 0.201 e. The van der Waals surface area contributed by atoms with Crippen LogP contribution >= 0.6 is 0 Å². The Kier molecular flexibility index (Phi) is 6.60. The summed E-state index contributed by atoms with van der Waals surface area (Å²) in [5.41, 5.74) is 0.485. The van der Waals surface area contributed by atoms with Gasteiger partial charge in [0, 0.05) is 1.43 Å². The molecule has 1 aliphatic rings. The molecule has 0 saturated heterocycles. The Balaban J connectivity index is 0.00000141. The highest BCUT2D eigenvalue weighted by molar-refractivity contribution is 5.34.